The highest BCUT2D eigenvalue weighted by molar-refractivity contribution is 5.75. The molecule has 0 heterocycles. The molecule has 0 aromatic heterocycles. The van der Waals surface area contributed by atoms with E-state index in [0.29, 0.717) is 12.8 Å². The summed E-state index contributed by atoms with van der Waals surface area (Å²) < 4.78 is 0. The highest BCUT2D eigenvalue weighted by atomic mass is 16.1. The number of nitrogens with one attached hydrogen (secondary N) is 1. The minimum Gasteiger partial charge on any atom is -0.300 e. The van der Waals surface area contributed by atoms with Crippen molar-refractivity contribution in [2.75, 3.05) is 0 Å². The standard InChI is InChI=1S/C8H15N3O/c1-6(3-7(2)12)4-8(5-9)11-10/h6,8,11H,3-4,10H2,1-2H3. The summed E-state index contributed by atoms with van der Waals surface area (Å²) in [4.78, 5) is 10.7. The predicted octanol–water partition coefficient (Wildman–Crippen LogP) is 0.347. The minimum absolute atomic E-state index is 0.149. The third-order valence-corrected chi connectivity index (χ3v) is 1.63. The molecule has 0 aromatic carbocycles. The molecule has 0 saturated carbocycles. The fraction of sp³-hybridized carbons (Fsp3) is 0.750. The third-order valence-electron chi connectivity index (χ3n) is 1.63. The SMILES string of the molecule is CC(=O)CC(C)CC(C#N)NN. The Kier molecular flexibility index (Phi) is 5.26. The van der Waals surface area contributed by atoms with E-state index in [1.807, 2.05) is 13.0 Å². The van der Waals surface area contributed by atoms with Crippen LogP contribution >= 0.6 is 0 Å². The van der Waals surface area contributed by atoms with E-state index in [0.717, 1.165) is 0 Å². The van der Waals surface area contributed by atoms with Gasteiger partial charge in [-0.15, -0.1) is 0 Å². The highest BCUT2D eigenvalue weighted by Crippen LogP contribution is 2.09. The molecule has 0 spiro atoms. The summed E-state index contributed by atoms with van der Waals surface area (Å²) in [6.07, 6.45) is 1.13. The zero-order valence-electron chi connectivity index (χ0n) is 7.50. The lowest BCUT2D eigenvalue weighted by molar-refractivity contribution is -0.117. The summed E-state index contributed by atoms with van der Waals surface area (Å²) >= 11 is 0. The number of carbonyl (C=O) groups excluding carboxylic acids is 1. The highest BCUT2D eigenvalue weighted by Gasteiger charge is 2.11. The summed E-state index contributed by atoms with van der Waals surface area (Å²) in [5.74, 6) is 5.47. The van der Waals surface area contributed by atoms with Gasteiger partial charge in [0.15, 0.2) is 0 Å². The van der Waals surface area contributed by atoms with Crippen molar-refractivity contribution in [3.63, 3.8) is 0 Å². The second-order valence-corrected chi connectivity index (χ2v) is 3.10. The molecule has 4 nitrogen and oxygen atoms in total. The lowest BCUT2D eigenvalue weighted by atomic mass is 9.98. The molecule has 0 aliphatic carbocycles. The number of carbonyl (C=O) groups is 1. The normalized spacial score (nSPS) is 14.8. The molecule has 4 heteroatoms. The molecule has 0 aliphatic rings. The number of nitrogens with two attached hydrogens (primary N) is 1. The topological polar surface area (TPSA) is 78.9 Å². The van der Waals surface area contributed by atoms with Gasteiger partial charge < -0.3 is 4.79 Å². The van der Waals surface area contributed by atoms with Crippen molar-refractivity contribution in [3.05, 3.63) is 0 Å². The largest absolute Gasteiger partial charge is 0.300 e. The summed E-state index contributed by atoms with van der Waals surface area (Å²) in [6, 6.07) is 1.66. The Hall–Kier alpha value is -0.920. The molecule has 2 atom stereocenters. The van der Waals surface area contributed by atoms with Crippen LogP contribution in [0.4, 0.5) is 0 Å². The van der Waals surface area contributed by atoms with Crippen LogP contribution in [0.15, 0.2) is 0 Å². The number of ketones is 1. The Bertz CT molecular complexity index is 185. The van der Waals surface area contributed by atoms with Crippen molar-refractivity contribution in [3.8, 4) is 6.07 Å². The molecule has 0 amide bonds. The number of Topliss-reactive ketones (excluding diaryl/α,β-unsaturated/α-hetero) is 1. The average Bonchev–Trinajstić information content (AvgIpc) is 1.98. The van der Waals surface area contributed by atoms with Crippen LogP contribution in [0.2, 0.25) is 0 Å². The number of hydrogen-bond donors (Lipinski definition) is 2. The monoisotopic (exact) mass is 169 g/mol. The van der Waals surface area contributed by atoms with E-state index in [-0.39, 0.29) is 17.7 Å². The molecule has 0 saturated heterocycles. The van der Waals surface area contributed by atoms with E-state index in [1.54, 1.807) is 6.92 Å². The summed E-state index contributed by atoms with van der Waals surface area (Å²) in [5.41, 5.74) is 2.38. The number of nitrogens with zero attached hydrogens (tertiary/aromatic N) is 1. The first-order valence-corrected chi connectivity index (χ1v) is 3.95. The first-order chi connectivity index (χ1) is 5.60. The molecule has 0 aliphatic heterocycles. The van der Waals surface area contributed by atoms with Gasteiger partial charge in [-0.2, -0.15) is 5.26 Å². The van der Waals surface area contributed by atoms with Gasteiger partial charge in [-0.1, -0.05) is 6.92 Å². The van der Waals surface area contributed by atoms with Crippen LogP contribution in [0, 0.1) is 17.2 Å². The van der Waals surface area contributed by atoms with E-state index >= 15 is 0 Å². The van der Waals surface area contributed by atoms with E-state index in [4.69, 9.17) is 11.1 Å². The van der Waals surface area contributed by atoms with E-state index in [2.05, 4.69) is 5.43 Å². The molecular weight excluding hydrogens is 154 g/mol. The number of hydrogen-bond acceptors (Lipinski definition) is 4. The lowest BCUT2D eigenvalue weighted by Gasteiger charge is -2.12. The Morgan fingerprint density at radius 2 is 2.33 bits per heavy atom. The van der Waals surface area contributed by atoms with Gasteiger partial charge in [-0.3, -0.25) is 5.84 Å². The van der Waals surface area contributed by atoms with Crippen LogP contribution in [0.25, 0.3) is 0 Å². The van der Waals surface area contributed by atoms with Gasteiger partial charge in [0.2, 0.25) is 0 Å². The van der Waals surface area contributed by atoms with Crippen LogP contribution in [-0.4, -0.2) is 11.8 Å². The average molecular weight is 169 g/mol. The Morgan fingerprint density at radius 1 is 1.75 bits per heavy atom. The Labute approximate surface area is 72.7 Å². The predicted molar refractivity (Wildman–Crippen MR) is 45.8 cm³/mol. The van der Waals surface area contributed by atoms with Crippen molar-refractivity contribution < 1.29 is 4.79 Å². The second kappa shape index (κ2) is 5.70. The molecule has 0 radical (unpaired) electrons. The molecule has 68 valence electrons. The maximum absolute atomic E-state index is 10.7. The zero-order chi connectivity index (χ0) is 9.56. The fourth-order valence-electron chi connectivity index (χ4n) is 1.13. The van der Waals surface area contributed by atoms with E-state index < -0.39 is 0 Å². The molecular formula is C8H15N3O. The van der Waals surface area contributed by atoms with Crippen LogP contribution in [0.3, 0.4) is 0 Å². The Morgan fingerprint density at radius 3 is 2.67 bits per heavy atom. The van der Waals surface area contributed by atoms with Crippen molar-refractivity contribution in [1.82, 2.24) is 5.43 Å². The zero-order valence-corrected chi connectivity index (χ0v) is 7.50. The summed E-state index contributed by atoms with van der Waals surface area (Å²) in [5, 5.41) is 8.53. The number of nitriles is 1. The molecule has 0 bridgehead atoms. The third kappa shape index (κ3) is 4.83. The quantitative estimate of drug-likeness (QED) is 0.459. The van der Waals surface area contributed by atoms with Gasteiger partial charge in [0.05, 0.1) is 6.07 Å². The maximum Gasteiger partial charge on any atom is 0.130 e. The fourth-order valence-corrected chi connectivity index (χ4v) is 1.13. The van der Waals surface area contributed by atoms with Crippen LogP contribution < -0.4 is 11.3 Å². The van der Waals surface area contributed by atoms with Crippen molar-refractivity contribution in [2.24, 2.45) is 11.8 Å². The van der Waals surface area contributed by atoms with E-state index in [1.165, 1.54) is 0 Å². The molecule has 12 heavy (non-hydrogen) atoms. The van der Waals surface area contributed by atoms with Gasteiger partial charge in [0.25, 0.3) is 0 Å². The Balaban J connectivity index is 3.75. The van der Waals surface area contributed by atoms with E-state index in [9.17, 15) is 4.79 Å². The molecule has 0 aromatic rings. The number of rotatable bonds is 5. The van der Waals surface area contributed by atoms with Crippen LogP contribution in [0.1, 0.15) is 26.7 Å². The summed E-state index contributed by atoms with van der Waals surface area (Å²) in [6.45, 7) is 3.48. The van der Waals surface area contributed by atoms with Crippen molar-refractivity contribution in [2.45, 2.75) is 32.7 Å². The maximum atomic E-state index is 10.7. The van der Waals surface area contributed by atoms with Crippen LogP contribution in [0.5, 0.6) is 0 Å². The van der Waals surface area contributed by atoms with Gasteiger partial charge in [-0.25, -0.2) is 5.43 Å². The molecule has 3 N–H and O–H groups in total. The van der Waals surface area contributed by atoms with Gasteiger partial charge in [0, 0.05) is 6.42 Å². The van der Waals surface area contributed by atoms with Crippen molar-refractivity contribution >= 4 is 5.78 Å². The summed E-state index contributed by atoms with van der Waals surface area (Å²) in [7, 11) is 0. The lowest BCUT2D eigenvalue weighted by Crippen LogP contribution is -2.35. The van der Waals surface area contributed by atoms with Gasteiger partial charge in [-0.05, 0) is 19.3 Å². The second-order valence-electron chi connectivity index (χ2n) is 3.10. The van der Waals surface area contributed by atoms with Crippen molar-refractivity contribution in [1.29, 1.82) is 5.26 Å². The first kappa shape index (κ1) is 11.1. The first-order valence-electron chi connectivity index (χ1n) is 3.95. The van der Waals surface area contributed by atoms with Crippen LogP contribution in [-0.2, 0) is 4.79 Å². The molecule has 0 fully saturated rings. The smallest absolute Gasteiger partial charge is 0.130 e. The minimum atomic E-state index is -0.348. The van der Waals surface area contributed by atoms with Gasteiger partial charge >= 0.3 is 0 Å². The molecule has 2 unspecified atom stereocenters. The van der Waals surface area contributed by atoms with Gasteiger partial charge in [0.1, 0.15) is 11.8 Å². The molecule has 0 rings (SSSR count). The number of hydrazine groups is 1.